The van der Waals surface area contributed by atoms with Crippen LogP contribution in [0.3, 0.4) is 0 Å². The van der Waals surface area contributed by atoms with Crippen LogP contribution in [-0.4, -0.2) is 12.9 Å². The Morgan fingerprint density at radius 3 is 2.25 bits per heavy atom. The molecule has 0 amide bonds. The minimum Gasteiger partial charge on any atom is -0.496 e. The number of halogens is 1. The number of amidine groups is 1. The molecule has 0 unspecified atom stereocenters. The fourth-order valence-electron chi connectivity index (χ4n) is 1.38. The van der Waals surface area contributed by atoms with Crippen LogP contribution in [0.1, 0.15) is 31.9 Å². The van der Waals surface area contributed by atoms with Gasteiger partial charge in [-0.3, -0.25) is 5.41 Å². The van der Waals surface area contributed by atoms with Gasteiger partial charge in [0.15, 0.2) is 0 Å². The van der Waals surface area contributed by atoms with Crippen molar-refractivity contribution in [2.75, 3.05) is 7.11 Å². The van der Waals surface area contributed by atoms with Gasteiger partial charge in [0.05, 0.1) is 12.7 Å². The number of hydrogen-bond acceptors (Lipinski definition) is 2. The first-order valence-electron chi connectivity index (χ1n) is 4.89. The third-order valence-corrected chi connectivity index (χ3v) is 2.36. The minimum absolute atomic E-state index is 0. The summed E-state index contributed by atoms with van der Waals surface area (Å²) in [4.78, 5) is 0. The highest BCUT2D eigenvalue weighted by Gasteiger charge is 2.16. The molecule has 0 aliphatic carbocycles. The second-order valence-corrected chi connectivity index (χ2v) is 4.58. The molecule has 3 nitrogen and oxygen atoms in total. The van der Waals surface area contributed by atoms with Crippen LogP contribution in [0.2, 0.25) is 0 Å². The van der Waals surface area contributed by atoms with E-state index in [1.54, 1.807) is 7.11 Å². The standard InChI is InChI=1S/C12H18N2O.ClH/c1-12(2,3)8-5-6-10(15-4)9(7-8)11(13)14;/h5-7H,1-4H3,(H3,13,14);1H. The zero-order valence-corrected chi connectivity index (χ0v) is 10.9. The van der Waals surface area contributed by atoms with Crippen LogP contribution in [0.15, 0.2) is 18.2 Å². The Hall–Kier alpha value is -1.22. The van der Waals surface area contributed by atoms with E-state index in [1.165, 1.54) is 0 Å². The molecule has 0 atom stereocenters. The van der Waals surface area contributed by atoms with Gasteiger partial charge in [-0.2, -0.15) is 0 Å². The van der Waals surface area contributed by atoms with Gasteiger partial charge < -0.3 is 10.5 Å². The summed E-state index contributed by atoms with van der Waals surface area (Å²) in [5.74, 6) is 0.688. The second kappa shape index (κ2) is 5.21. The van der Waals surface area contributed by atoms with Crippen molar-refractivity contribution in [1.82, 2.24) is 0 Å². The molecule has 3 N–H and O–H groups in total. The minimum atomic E-state index is 0. The number of benzene rings is 1. The summed E-state index contributed by atoms with van der Waals surface area (Å²) in [5.41, 5.74) is 7.36. The maximum absolute atomic E-state index is 7.48. The van der Waals surface area contributed by atoms with Crippen LogP contribution in [0, 0.1) is 5.41 Å². The second-order valence-electron chi connectivity index (χ2n) is 4.58. The lowest BCUT2D eigenvalue weighted by Gasteiger charge is -2.20. The zero-order chi connectivity index (χ0) is 11.6. The molecule has 0 saturated heterocycles. The molecular weight excluding hydrogens is 224 g/mol. The quantitative estimate of drug-likeness (QED) is 0.619. The number of hydrogen-bond donors (Lipinski definition) is 2. The topological polar surface area (TPSA) is 59.1 Å². The summed E-state index contributed by atoms with van der Waals surface area (Å²) < 4.78 is 5.15. The first kappa shape index (κ1) is 14.8. The Bertz CT molecular complexity index is 383. The molecule has 0 saturated carbocycles. The van der Waals surface area contributed by atoms with Crippen LogP contribution < -0.4 is 10.5 Å². The molecule has 0 spiro atoms. The Balaban J connectivity index is 0.00000225. The van der Waals surface area contributed by atoms with Gasteiger partial charge in [0.2, 0.25) is 0 Å². The molecule has 0 bridgehead atoms. The van der Waals surface area contributed by atoms with Gasteiger partial charge in [-0.25, -0.2) is 0 Å². The number of rotatable bonds is 2. The van der Waals surface area contributed by atoms with Crippen LogP contribution in [-0.2, 0) is 5.41 Å². The summed E-state index contributed by atoms with van der Waals surface area (Å²) in [7, 11) is 1.58. The first-order valence-corrected chi connectivity index (χ1v) is 4.89. The van der Waals surface area contributed by atoms with E-state index in [1.807, 2.05) is 18.2 Å². The first-order chi connectivity index (χ1) is 6.86. The average Bonchev–Trinajstić information content (AvgIpc) is 2.15. The molecular formula is C12H19ClN2O. The molecule has 1 rings (SSSR count). The van der Waals surface area contributed by atoms with Crippen molar-refractivity contribution in [2.45, 2.75) is 26.2 Å². The lowest BCUT2D eigenvalue weighted by Crippen LogP contribution is -2.16. The third-order valence-electron chi connectivity index (χ3n) is 2.36. The Kier molecular flexibility index (Phi) is 4.81. The zero-order valence-electron chi connectivity index (χ0n) is 10.1. The summed E-state index contributed by atoms with van der Waals surface area (Å²) >= 11 is 0. The molecule has 1 aromatic carbocycles. The van der Waals surface area contributed by atoms with Crippen molar-refractivity contribution in [3.63, 3.8) is 0 Å². The summed E-state index contributed by atoms with van der Waals surface area (Å²) in [6, 6.07) is 5.78. The van der Waals surface area contributed by atoms with Crippen molar-refractivity contribution in [3.05, 3.63) is 29.3 Å². The van der Waals surface area contributed by atoms with Gasteiger partial charge in [0, 0.05) is 0 Å². The molecule has 1 aromatic rings. The normalized spacial score (nSPS) is 10.5. The van der Waals surface area contributed by atoms with Gasteiger partial charge in [-0.15, -0.1) is 12.4 Å². The van der Waals surface area contributed by atoms with Crippen molar-refractivity contribution >= 4 is 18.2 Å². The number of nitrogens with two attached hydrogens (primary N) is 1. The third kappa shape index (κ3) is 3.14. The van der Waals surface area contributed by atoms with Gasteiger partial charge in [0.1, 0.15) is 11.6 Å². The molecule has 0 radical (unpaired) electrons. The van der Waals surface area contributed by atoms with E-state index in [9.17, 15) is 0 Å². The molecule has 0 heterocycles. The Labute approximate surface area is 103 Å². The Morgan fingerprint density at radius 1 is 1.31 bits per heavy atom. The van der Waals surface area contributed by atoms with Gasteiger partial charge >= 0.3 is 0 Å². The monoisotopic (exact) mass is 242 g/mol. The van der Waals surface area contributed by atoms with E-state index in [0.717, 1.165) is 5.56 Å². The molecule has 0 aliphatic rings. The van der Waals surface area contributed by atoms with E-state index in [2.05, 4.69) is 20.8 Å². The van der Waals surface area contributed by atoms with E-state index < -0.39 is 0 Å². The highest BCUT2D eigenvalue weighted by atomic mass is 35.5. The number of nitrogens with one attached hydrogen (secondary N) is 1. The van der Waals surface area contributed by atoms with Gasteiger partial charge in [-0.05, 0) is 23.1 Å². The van der Waals surface area contributed by atoms with E-state index in [0.29, 0.717) is 11.3 Å². The number of nitrogen functional groups attached to an aromatic ring is 1. The predicted molar refractivity (Wildman–Crippen MR) is 70.0 cm³/mol. The predicted octanol–water partition coefficient (Wildman–Crippen LogP) is 2.70. The summed E-state index contributed by atoms with van der Waals surface area (Å²) in [5, 5.41) is 7.48. The average molecular weight is 243 g/mol. The van der Waals surface area contributed by atoms with Crippen molar-refractivity contribution in [2.24, 2.45) is 5.73 Å². The molecule has 90 valence electrons. The summed E-state index contributed by atoms with van der Waals surface area (Å²) in [6.07, 6.45) is 0. The van der Waals surface area contributed by atoms with Crippen LogP contribution in [0.4, 0.5) is 0 Å². The summed E-state index contributed by atoms with van der Waals surface area (Å²) in [6.45, 7) is 6.37. The van der Waals surface area contributed by atoms with Crippen molar-refractivity contribution < 1.29 is 4.74 Å². The smallest absolute Gasteiger partial charge is 0.129 e. The molecule has 4 heteroatoms. The SMILES string of the molecule is COc1ccc(C(C)(C)C)cc1C(=N)N.Cl. The maximum atomic E-state index is 7.48. The van der Waals surface area contributed by atoms with E-state index >= 15 is 0 Å². The van der Waals surface area contributed by atoms with Crippen molar-refractivity contribution in [3.8, 4) is 5.75 Å². The van der Waals surface area contributed by atoms with Crippen LogP contribution in [0.5, 0.6) is 5.75 Å². The lowest BCUT2D eigenvalue weighted by molar-refractivity contribution is 0.413. The molecule has 16 heavy (non-hydrogen) atoms. The van der Waals surface area contributed by atoms with E-state index in [4.69, 9.17) is 15.9 Å². The number of methoxy groups -OCH3 is 1. The molecule has 0 fully saturated rings. The fraction of sp³-hybridized carbons (Fsp3) is 0.417. The Morgan fingerprint density at radius 2 is 1.88 bits per heavy atom. The lowest BCUT2D eigenvalue weighted by atomic mass is 9.86. The fourth-order valence-corrected chi connectivity index (χ4v) is 1.38. The largest absolute Gasteiger partial charge is 0.496 e. The van der Waals surface area contributed by atoms with Gasteiger partial charge in [0.25, 0.3) is 0 Å². The number of ether oxygens (including phenoxy) is 1. The van der Waals surface area contributed by atoms with E-state index in [-0.39, 0.29) is 23.7 Å². The molecule has 0 aromatic heterocycles. The maximum Gasteiger partial charge on any atom is 0.129 e. The van der Waals surface area contributed by atoms with Crippen LogP contribution in [0.25, 0.3) is 0 Å². The van der Waals surface area contributed by atoms with Crippen molar-refractivity contribution in [1.29, 1.82) is 5.41 Å². The van der Waals surface area contributed by atoms with Gasteiger partial charge in [-0.1, -0.05) is 26.8 Å². The highest BCUT2D eigenvalue weighted by Crippen LogP contribution is 2.27. The van der Waals surface area contributed by atoms with Crippen LogP contribution >= 0.6 is 12.4 Å². The molecule has 0 aliphatic heterocycles. The highest BCUT2D eigenvalue weighted by molar-refractivity contribution is 5.97.